The summed E-state index contributed by atoms with van der Waals surface area (Å²) < 4.78 is 0. The average molecular weight is 525 g/mol. The molecule has 35 heavy (non-hydrogen) atoms. The number of nitrogens with two attached hydrogens (primary N) is 1. The van der Waals surface area contributed by atoms with Gasteiger partial charge in [0.1, 0.15) is 6.04 Å². The lowest BCUT2D eigenvalue weighted by molar-refractivity contribution is -0.139. The standard InChI is InChI=1S/C24H30Cl2N4O5/c1-24(2,3)12-18(29-19(31)7-5-13-4-6-15(25)11-16(13)26)23(35)30-17(20(32)21(27)33)10-14-8-9-28-22(14)34/h4-7,11,14,17-18H,8-10,12H2,1-3H3,(H2,27,33)(H,28,34)(H,29,31)(H,30,35)/b7-5+/t14?,17?,18-/m0/s1. The lowest BCUT2D eigenvalue weighted by Gasteiger charge is -2.27. The summed E-state index contributed by atoms with van der Waals surface area (Å²) in [6, 6.07) is 2.51. The summed E-state index contributed by atoms with van der Waals surface area (Å²) >= 11 is 12.0. The third-order valence-corrected chi connectivity index (χ3v) is 5.95. The van der Waals surface area contributed by atoms with Gasteiger partial charge in [-0.15, -0.1) is 0 Å². The van der Waals surface area contributed by atoms with E-state index < -0.39 is 41.5 Å². The van der Waals surface area contributed by atoms with Gasteiger partial charge in [-0.25, -0.2) is 0 Å². The third-order valence-electron chi connectivity index (χ3n) is 5.39. The number of benzene rings is 1. The van der Waals surface area contributed by atoms with Gasteiger partial charge in [-0.3, -0.25) is 24.0 Å². The maximum Gasteiger partial charge on any atom is 0.287 e. The number of nitrogens with one attached hydrogen (secondary N) is 3. The molecule has 2 rings (SSSR count). The van der Waals surface area contributed by atoms with Gasteiger partial charge in [-0.1, -0.05) is 50.0 Å². The number of carbonyl (C=O) groups is 5. The van der Waals surface area contributed by atoms with E-state index in [9.17, 15) is 24.0 Å². The Morgan fingerprint density at radius 3 is 2.40 bits per heavy atom. The first kappa shape index (κ1) is 28.3. The van der Waals surface area contributed by atoms with Crippen molar-refractivity contribution in [3.05, 3.63) is 39.9 Å². The molecule has 0 saturated carbocycles. The Kier molecular flexibility index (Phi) is 9.85. The van der Waals surface area contributed by atoms with Crippen LogP contribution in [0.2, 0.25) is 10.0 Å². The SMILES string of the molecule is CC(C)(C)C[C@H](NC(=O)/C=C/c1ccc(Cl)cc1Cl)C(=O)NC(CC1CCNC1=O)C(=O)C(N)=O. The van der Waals surface area contributed by atoms with Crippen LogP contribution >= 0.6 is 23.2 Å². The number of carbonyl (C=O) groups excluding carboxylic acids is 5. The second-order valence-corrected chi connectivity index (χ2v) is 10.5. The molecule has 190 valence electrons. The minimum Gasteiger partial charge on any atom is -0.363 e. The molecule has 4 amide bonds. The molecule has 1 aliphatic heterocycles. The van der Waals surface area contributed by atoms with E-state index in [4.69, 9.17) is 28.9 Å². The first-order valence-electron chi connectivity index (χ1n) is 11.1. The van der Waals surface area contributed by atoms with Crippen molar-refractivity contribution in [2.45, 2.75) is 52.1 Å². The molecule has 0 bridgehead atoms. The van der Waals surface area contributed by atoms with Crippen molar-refractivity contribution in [3.8, 4) is 0 Å². The highest BCUT2D eigenvalue weighted by molar-refractivity contribution is 6.38. The number of hydrogen-bond donors (Lipinski definition) is 4. The fourth-order valence-corrected chi connectivity index (χ4v) is 4.15. The largest absolute Gasteiger partial charge is 0.363 e. The van der Waals surface area contributed by atoms with Gasteiger partial charge in [-0.2, -0.15) is 0 Å². The monoisotopic (exact) mass is 524 g/mol. The van der Waals surface area contributed by atoms with Crippen LogP contribution in [0.4, 0.5) is 0 Å². The molecule has 1 fully saturated rings. The minimum atomic E-state index is -1.28. The van der Waals surface area contributed by atoms with Gasteiger partial charge in [0.05, 0.1) is 6.04 Å². The quantitative estimate of drug-likeness (QED) is 0.273. The van der Waals surface area contributed by atoms with E-state index in [1.807, 2.05) is 20.8 Å². The predicted molar refractivity (Wildman–Crippen MR) is 133 cm³/mol. The third kappa shape index (κ3) is 8.99. The summed E-state index contributed by atoms with van der Waals surface area (Å²) in [4.78, 5) is 61.6. The summed E-state index contributed by atoms with van der Waals surface area (Å²) in [5.74, 6) is -4.24. The van der Waals surface area contributed by atoms with Crippen LogP contribution in [0, 0.1) is 11.3 Å². The minimum absolute atomic E-state index is 0.0650. The second-order valence-electron chi connectivity index (χ2n) is 9.63. The zero-order chi connectivity index (χ0) is 26.3. The molecule has 5 N–H and O–H groups in total. The number of Topliss-reactive ketones (excluding diaryl/α,β-unsaturated/α-hetero) is 1. The van der Waals surface area contributed by atoms with Crippen LogP contribution in [0.3, 0.4) is 0 Å². The number of rotatable bonds is 10. The zero-order valence-corrected chi connectivity index (χ0v) is 21.3. The zero-order valence-electron chi connectivity index (χ0n) is 19.8. The summed E-state index contributed by atoms with van der Waals surface area (Å²) in [6.07, 6.45) is 3.36. The maximum absolute atomic E-state index is 13.1. The molecule has 1 saturated heterocycles. The number of halogens is 2. The van der Waals surface area contributed by atoms with Crippen molar-refractivity contribution in [2.75, 3.05) is 6.54 Å². The number of hydrogen-bond acceptors (Lipinski definition) is 5. The first-order valence-corrected chi connectivity index (χ1v) is 11.9. The Labute approximate surface area is 214 Å². The van der Waals surface area contributed by atoms with Crippen molar-refractivity contribution in [2.24, 2.45) is 17.1 Å². The van der Waals surface area contributed by atoms with Gasteiger partial charge in [0.15, 0.2) is 0 Å². The smallest absolute Gasteiger partial charge is 0.287 e. The Morgan fingerprint density at radius 2 is 1.86 bits per heavy atom. The van der Waals surface area contributed by atoms with Gasteiger partial charge in [-0.05, 0) is 48.4 Å². The predicted octanol–water partition coefficient (Wildman–Crippen LogP) is 1.99. The van der Waals surface area contributed by atoms with Crippen LogP contribution in [0.5, 0.6) is 0 Å². The second kappa shape index (κ2) is 12.2. The summed E-state index contributed by atoms with van der Waals surface area (Å²) in [5.41, 5.74) is 5.35. The fraction of sp³-hybridized carbons (Fsp3) is 0.458. The Morgan fingerprint density at radius 1 is 1.17 bits per heavy atom. The van der Waals surface area contributed by atoms with Crippen LogP contribution in [0.25, 0.3) is 6.08 Å². The molecular formula is C24H30Cl2N4O5. The van der Waals surface area contributed by atoms with E-state index in [-0.39, 0.29) is 24.2 Å². The highest BCUT2D eigenvalue weighted by Crippen LogP contribution is 2.23. The van der Waals surface area contributed by atoms with Crippen molar-refractivity contribution in [1.82, 2.24) is 16.0 Å². The van der Waals surface area contributed by atoms with E-state index >= 15 is 0 Å². The molecule has 0 aliphatic carbocycles. The molecule has 0 spiro atoms. The topological polar surface area (TPSA) is 147 Å². The molecule has 11 heteroatoms. The van der Waals surface area contributed by atoms with E-state index in [1.165, 1.54) is 18.2 Å². The molecular weight excluding hydrogens is 495 g/mol. The summed E-state index contributed by atoms with van der Waals surface area (Å²) in [6.45, 7) is 6.11. The van der Waals surface area contributed by atoms with Crippen LogP contribution in [-0.2, 0) is 24.0 Å². The molecule has 0 aromatic heterocycles. The Bertz CT molecular complexity index is 1040. The molecule has 1 aliphatic rings. The maximum atomic E-state index is 13.1. The normalized spacial score (nSPS) is 17.5. The van der Waals surface area contributed by atoms with Gasteiger partial charge < -0.3 is 21.7 Å². The summed E-state index contributed by atoms with van der Waals surface area (Å²) in [5, 5.41) is 8.61. The molecule has 2 unspecified atom stereocenters. The number of ketones is 1. The van der Waals surface area contributed by atoms with Gasteiger partial charge in [0.25, 0.3) is 5.91 Å². The molecule has 3 atom stereocenters. The summed E-state index contributed by atoms with van der Waals surface area (Å²) in [7, 11) is 0. The lowest BCUT2D eigenvalue weighted by atomic mass is 9.87. The molecule has 0 radical (unpaired) electrons. The number of primary amides is 1. The molecule has 9 nitrogen and oxygen atoms in total. The van der Waals surface area contributed by atoms with Crippen LogP contribution < -0.4 is 21.7 Å². The van der Waals surface area contributed by atoms with Crippen molar-refractivity contribution < 1.29 is 24.0 Å². The van der Waals surface area contributed by atoms with Crippen molar-refractivity contribution >= 4 is 58.7 Å². The van der Waals surface area contributed by atoms with E-state index in [0.29, 0.717) is 28.6 Å². The highest BCUT2D eigenvalue weighted by Gasteiger charge is 2.35. The van der Waals surface area contributed by atoms with Crippen molar-refractivity contribution in [3.63, 3.8) is 0 Å². The Hall–Kier alpha value is -2.91. The first-order chi connectivity index (χ1) is 16.3. The molecule has 1 heterocycles. The van der Waals surface area contributed by atoms with Gasteiger partial charge in [0, 0.05) is 28.6 Å². The molecule has 1 aromatic rings. The molecule has 1 aromatic carbocycles. The van der Waals surface area contributed by atoms with Crippen LogP contribution in [0.1, 0.15) is 45.6 Å². The van der Waals surface area contributed by atoms with Crippen LogP contribution in [0.15, 0.2) is 24.3 Å². The highest BCUT2D eigenvalue weighted by atomic mass is 35.5. The van der Waals surface area contributed by atoms with Gasteiger partial charge in [0.2, 0.25) is 23.5 Å². The Balaban J connectivity index is 2.17. The van der Waals surface area contributed by atoms with E-state index in [0.717, 1.165) is 0 Å². The number of amides is 4. The van der Waals surface area contributed by atoms with E-state index in [1.54, 1.807) is 12.1 Å². The van der Waals surface area contributed by atoms with E-state index in [2.05, 4.69) is 16.0 Å². The van der Waals surface area contributed by atoms with Crippen molar-refractivity contribution in [1.29, 1.82) is 0 Å². The lowest BCUT2D eigenvalue weighted by Crippen LogP contribution is -2.54. The van der Waals surface area contributed by atoms with Gasteiger partial charge >= 0.3 is 0 Å². The van der Waals surface area contributed by atoms with Crippen LogP contribution in [-0.4, -0.2) is 48.0 Å². The average Bonchev–Trinajstić information content (AvgIpc) is 3.14. The fourth-order valence-electron chi connectivity index (χ4n) is 3.67.